The first-order valence-corrected chi connectivity index (χ1v) is 7.78. The van der Waals surface area contributed by atoms with E-state index >= 15 is 0 Å². The highest BCUT2D eigenvalue weighted by Crippen LogP contribution is 2.33. The van der Waals surface area contributed by atoms with Crippen molar-refractivity contribution in [2.75, 3.05) is 6.61 Å². The van der Waals surface area contributed by atoms with Crippen LogP contribution in [-0.2, 0) is 6.54 Å². The van der Waals surface area contributed by atoms with Crippen molar-refractivity contribution in [3.8, 4) is 5.75 Å². The van der Waals surface area contributed by atoms with E-state index in [1.807, 2.05) is 6.07 Å². The molecule has 4 heteroatoms. The molecule has 0 aliphatic heterocycles. The average molecular weight is 379 g/mol. The second-order valence-corrected chi connectivity index (χ2v) is 7.10. The first-order chi connectivity index (χ1) is 8.33. The van der Waals surface area contributed by atoms with Crippen molar-refractivity contribution in [2.24, 2.45) is 0 Å². The first kappa shape index (κ1) is 16.0. The molecule has 1 aromatic carbocycles. The average Bonchev–Trinajstić information content (AvgIpc) is 2.23. The Kier molecular flexibility index (Phi) is 6.15. The Morgan fingerprint density at radius 1 is 1.22 bits per heavy atom. The fraction of sp³-hybridized carbons (Fsp3) is 0.571. The zero-order chi connectivity index (χ0) is 13.8. The predicted octanol–water partition coefficient (Wildman–Crippen LogP) is 4.89. The van der Waals surface area contributed by atoms with Gasteiger partial charge >= 0.3 is 0 Å². The normalized spacial score (nSPS) is 11.7. The van der Waals surface area contributed by atoms with E-state index in [9.17, 15) is 0 Å². The zero-order valence-corrected chi connectivity index (χ0v) is 14.6. The highest BCUT2D eigenvalue weighted by molar-refractivity contribution is 9.11. The molecule has 0 fully saturated rings. The van der Waals surface area contributed by atoms with E-state index in [1.165, 1.54) is 5.56 Å². The highest BCUT2D eigenvalue weighted by atomic mass is 79.9. The Morgan fingerprint density at radius 2 is 1.89 bits per heavy atom. The Bertz CT molecular complexity index is 400. The molecule has 0 saturated heterocycles. The van der Waals surface area contributed by atoms with Crippen molar-refractivity contribution < 1.29 is 4.74 Å². The topological polar surface area (TPSA) is 21.3 Å². The van der Waals surface area contributed by atoms with Gasteiger partial charge in [0.05, 0.1) is 11.1 Å². The molecule has 18 heavy (non-hydrogen) atoms. The summed E-state index contributed by atoms with van der Waals surface area (Å²) in [6.07, 6.45) is 1.01. The lowest BCUT2D eigenvalue weighted by molar-refractivity contribution is 0.309. The van der Waals surface area contributed by atoms with E-state index in [2.05, 4.69) is 70.9 Å². The maximum atomic E-state index is 5.83. The van der Waals surface area contributed by atoms with E-state index in [4.69, 9.17) is 4.74 Å². The monoisotopic (exact) mass is 377 g/mol. The second kappa shape index (κ2) is 6.92. The van der Waals surface area contributed by atoms with Gasteiger partial charge < -0.3 is 10.1 Å². The standard InChI is InChI=1S/C14H21Br2NO/c1-5-6-18-13-10(9-17-14(2,3)4)7-11(15)8-12(13)16/h7-8,17H,5-6,9H2,1-4H3. The van der Waals surface area contributed by atoms with Gasteiger partial charge in [-0.2, -0.15) is 0 Å². The van der Waals surface area contributed by atoms with Crippen LogP contribution in [0.1, 0.15) is 39.7 Å². The first-order valence-electron chi connectivity index (χ1n) is 6.19. The van der Waals surface area contributed by atoms with Gasteiger partial charge in [0.2, 0.25) is 0 Å². The number of halogens is 2. The van der Waals surface area contributed by atoms with Gasteiger partial charge in [-0.05, 0) is 55.3 Å². The summed E-state index contributed by atoms with van der Waals surface area (Å²) >= 11 is 7.09. The lowest BCUT2D eigenvalue weighted by atomic mass is 10.1. The van der Waals surface area contributed by atoms with Crippen LogP contribution in [0.2, 0.25) is 0 Å². The van der Waals surface area contributed by atoms with E-state index in [-0.39, 0.29) is 5.54 Å². The molecule has 0 heterocycles. The molecule has 0 radical (unpaired) electrons. The van der Waals surface area contributed by atoms with E-state index < -0.39 is 0 Å². The molecule has 0 aliphatic rings. The molecule has 1 aromatic rings. The molecule has 1 N–H and O–H groups in total. The van der Waals surface area contributed by atoms with Crippen molar-refractivity contribution in [1.82, 2.24) is 5.32 Å². The molecule has 0 unspecified atom stereocenters. The van der Waals surface area contributed by atoms with E-state index in [1.54, 1.807) is 0 Å². The molecule has 0 atom stereocenters. The highest BCUT2D eigenvalue weighted by Gasteiger charge is 2.14. The number of hydrogen-bond donors (Lipinski definition) is 1. The minimum absolute atomic E-state index is 0.0941. The summed E-state index contributed by atoms with van der Waals surface area (Å²) < 4.78 is 7.89. The van der Waals surface area contributed by atoms with Crippen molar-refractivity contribution in [3.63, 3.8) is 0 Å². The van der Waals surface area contributed by atoms with Gasteiger partial charge in [-0.3, -0.25) is 0 Å². The Morgan fingerprint density at radius 3 is 2.44 bits per heavy atom. The second-order valence-electron chi connectivity index (χ2n) is 5.33. The van der Waals surface area contributed by atoms with E-state index in [0.29, 0.717) is 0 Å². The van der Waals surface area contributed by atoms with Gasteiger partial charge in [0.15, 0.2) is 0 Å². The summed E-state index contributed by atoms with van der Waals surface area (Å²) in [5.41, 5.74) is 1.26. The van der Waals surface area contributed by atoms with E-state index in [0.717, 1.165) is 34.3 Å². The van der Waals surface area contributed by atoms with Crippen LogP contribution < -0.4 is 10.1 Å². The molecule has 0 bridgehead atoms. The lowest BCUT2D eigenvalue weighted by Crippen LogP contribution is -2.35. The third-order valence-electron chi connectivity index (χ3n) is 2.34. The minimum Gasteiger partial charge on any atom is -0.492 e. The van der Waals surface area contributed by atoms with Gasteiger partial charge in [0.25, 0.3) is 0 Å². The van der Waals surface area contributed by atoms with Gasteiger partial charge in [-0.1, -0.05) is 22.9 Å². The number of nitrogens with one attached hydrogen (secondary N) is 1. The van der Waals surface area contributed by atoms with Gasteiger partial charge in [-0.15, -0.1) is 0 Å². The molecule has 0 aliphatic carbocycles. The fourth-order valence-corrected chi connectivity index (χ4v) is 2.90. The van der Waals surface area contributed by atoms with Crippen molar-refractivity contribution in [1.29, 1.82) is 0 Å². The molecule has 102 valence electrons. The fourth-order valence-electron chi connectivity index (χ4n) is 1.47. The Labute approximate surface area is 127 Å². The summed E-state index contributed by atoms with van der Waals surface area (Å²) in [4.78, 5) is 0. The van der Waals surface area contributed by atoms with Crippen LogP contribution in [0, 0.1) is 0 Å². The van der Waals surface area contributed by atoms with Crippen molar-refractivity contribution >= 4 is 31.9 Å². The molecule has 0 saturated carbocycles. The summed E-state index contributed by atoms with van der Waals surface area (Å²) in [7, 11) is 0. The van der Waals surface area contributed by atoms with Crippen LogP contribution in [0.25, 0.3) is 0 Å². The molecule has 1 rings (SSSR count). The predicted molar refractivity (Wildman–Crippen MR) is 84.2 cm³/mol. The van der Waals surface area contributed by atoms with Crippen LogP contribution in [0.5, 0.6) is 5.75 Å². The van der Waals surface area contributed by atoms with Crippen LogP contribution in [0.3, 0.4) is 0 Å². The SMILES string of the molecule is CCCOc1c(Br)cc(Br)cc1CNC(C)(C)C. The number of rotatable bonds is 5. The quantitative estimate of drug-likeness (QED) is 0.787. The maximum absolute atomic E-state index is 5.83. The molecule has 0 aromatic heterocycles. The van der Waals surface area contributed by atoms with Gasteiger partial charge in [0.1, 0.15) is 5.75 Å². The molecule has 0 amide bonds. The summed E-state index contributed by atoms with van der Waals surface area (Å²) in [5, 5.41) is 3.49. The van der Waals surface area contributed by atoms with Gasteiger partial charge in [0, 0.05) is 22.1 Å². The summed E-state index contributed by atoms with van der Waals surface area (Å²) in [6, 6.07) is 4.13. The maximum Gasteiger partial charge on any atom is 0.138 e. The largest absolute Gasteiger partial charge is 0.492 e. The van der Waals surface area contributed by atoms with Crippen LogP contribution in [-0.4, -0.2) is 12.1 Å². The third kappa shape index (κ3) is 5.29. The van der Waals surface area contributed by atoms with Crippen LogP contribution in [0.15, 0.2) is 21.1 Å². The number of ether oxygens (including phenoxy) is 1. The summed E-state index contributed by atoms with van der Waals surface area (Å²) in [6.45, 7) is 10.1. The van der Waals surface area contributed by atoms with Crippen molar-refractivity contribution in [2.45, 2.75) is 46.2 Å². The smallest absolute Gasteiger partial charge is 0.138 e. The minimum atomic E-state index is 0.0941. The summed E-state index contributed by atoms with van der Waals surface area (Å²) in [5.74, 6) is 0.941. The number of hydrogen-bond acceptors (Lipinski definition) is 2. The molecular weight excluding hydrogens is 358 g/mol. The third-order valence-corrected chi connectivity index (χ3v) is 3.39. The Balaban J connectivity index is 2.92. The zero-order valence-electron chi connectivity index (χ0n) is 11.4. The lowest BCUT2D eigenvalue weighted by Gasteiger charge is -2.22. The van der Waals surface area contributed by atoms with Gasteiger partial charge in [-0.25, -0.2) is 0 Å². The van der Waals surface area contributed by atoms with Crippen LogP contribution in [0.4, 0.5) is 0 Å². The molecule has 2 nitrogen and oxygen atoms in total. The Hall–Kier alpha value is -0.0600. The molecule has 0 spiro atoms. The number of benzene rings is 1. The van der Waals surface area contributed by atoms with Crippen LogP contribution >= 0.6 is 31.9 Å². The van der Waals surface area contributed by atoms with Crippen molar-refractivity contribution in [3.05, 3.63) is 26.6 Å². The molecular formula is C14H21Br2NO.